The average molecular weight is 261 g/mol. The molecule has 0 radical (unpaired) electrons. The number of methoxy groups -OCH3 is 1. The number of hydrogen-bond acceptors (Lipinski definition) is 5. The molecule has 0 aromatic carbocycles. The molecule has 0 aliphatic carbocycles. The highest BCUT2D eigenvalue weighted by atomic mass is 16.5. The van der Waals surface area contributed by atoms with E-state index < -0.39 is 0 Å². The molecule has 0 saturated heterocycles. The van der Waals surface area contributed by atoms with E-state index in [1.165, 1.54) is 0 Å². The first-order valence-corrected chi connectivity index (χ1v) is 6.24. The van der Waals surface area contributed by atoms with Crippen molar-refractivity contribution in [1.82, 2.24) is 20.2 Å². The maximum Gasteiger partial charge on any atom is 0.161 e. The highest BCUT2D eigenvalue weighted by Gasteiger charge is 2.20. The molecule has 3 N–H and O–H groups in total. The van der Waals surface area contributed by atoms with Crippen LogP contribution in [0.3, 0.4) is 0 Å². The summed E-state index contributed by atoms with van der Waals surface area (Å²) in [6, 6.07) is 3.87. The molecule has 2 heterocycles. The fourth-order valence-electron chi connectivity index (χ4n) is 2.13. The second-order valence-electron chi connectivity index (χ2n) is 4.20. The van der Waals surface area contributed by atoms with Crippen LogP contribution < -0.4 is 16.0 Å². The van der Waals surface area contributed by atoms with E-state index in [9.17, 15) is 0 Å². The minimum Gasteiger partial charge on any atom is -0.493 e. The first kappa shape index (κ1) is 13.5. The zero-order chi connectivity index (χ0) is 13.7. The number of hydrogen-bond donors (Lipinski definition) is 2. The lowest BCUT2D eigenvalue weighted by Gasteiger charge is -2.18. The molecular formula is C13H19N5O. The number of aromatic nitrogens is 3. The van der Waals surface area contributed by atoms with E-state index >= 15 is 0 Å². The molecule has 2 aromatic rings. The molecule has 1 unspecified atom stereocenters. The van der Waals surface area contributed by atoms with Gasteiger partial charge < -0.3 is 4.74 Å². The minimum atomic E-state index is -0.0680. The van der Waals surface area contributed by atoms with Gasteiger partial charge >= 0.3 is 0 Å². The summed E-state index contributed by atoms with van der Waals surface area (Å²) in [7, 11) is 1.64. The van der Waals surface area contributed by atoms with Gasteiger partial charge in [-0.05, 0) is 25.0 Å². The second kappa shape index (κ2) is 6.31. The smallest absolute Gasteiger partial charge is 0.161 e. The Morgan fingerprint density at radius 3 is 2.89 bits per heavy atom. The minimum absolute atomic E-state index is 0.0680. The summed E-state index contributed by atoms with van der Waals surface area (Å²) in [6.45, 7) is 2.80. The van der Waals surface area contributed by atoms with Gasteiger partial charge in [0.05, 0.1) is 25.0 Å². The molecule has 1 atom stereocenters. The molecule has 6 nitrogen and oxygen atoms in total. The standard InChI is InChI=1S/C13H19N5O/c1-3-18-13(12(19-2)9-16-18)11(17-14)7-10-5-4-6-15-8-10/h4-6,8-9,11,17H,3,7,14H2,1-2H3. The van der Waals surface area contributed by atoms with E-state index in [1.54, 1.807) is 19.5 Å². The Bertz CT molecular complexity index is 490. The fraction of sp³-hybridized carbons (Fsp3) is 0.385. The quantitative estimate of drug-likeness (QED) is 0.600. The van der Waals surface area contributed by atoms with E-state index in [2.05, 4.69) is 15.5 Å². The largest absolute Gasteiger partial charge is 0.493 e. The van der Waals surface area contributed by atoms with Crippen LogP contribution in [0.5, 0.6) is 5.75 Å². The maximum atomic E-state index is 5.69. The van der Waals surface area contributed by atoms with Gasteiger partial charge in [0.2, 0.25) is 0 Å². The lowest BCUT2D eigenvalue weighted by atomic mass is 10.0. The van der Waals surface area contributed by atoms with Crippen molar-refractivity contribution in [3.63, 3.8) is 0 Å². The molecule has 0 fully saturated rings. The molecule has 0 bridgehead atoms. The van der Waals surface area contributed by atoms with Crippen LogP contribution in [0.25, 0.3) is 0 Å². The van der Waals surface area contributed by atoms with Crippen LogP contribution in [0.1, 0.15) is 24.2 Å². The Hall–Kier alpha value is -1.92. The molecule has 2 rings (SSSR count). The summed E-state index contributed by atoms with van der Waals surface area (Å²) in [6.07, 6.45) is 6.04. The Morgan fingerprint density at radius 2 is 2.32 bits per heavy atom. The Morgan fingerprint density at radius 1 is 1.47 bits per heavy atom. The Labute approximate surface area is 112 Å². The molecule has 0 spiro atoms. The van der Waals surface area contributed by atoms with Gasteiger partial charge in [0.1, 0.15) is 0 Å². The van der Waals surface area contributed by atoms with Gasteiger partial charge in [-0.15, -0.1) is 0 Å². The number of nitrogens with zero attached hydrogens (tertiary/aromatic N) is 3. The van der Waals surface area contributed by atoms with Crippen LogP contribution in [-0.4, -0.2) is 21.9 Å². The molecule has 2 aromatic heterocycles. The third kappa shape index (κ3) is 2.91. The van der Waals surface area contributed by atoms with Crippen molar-refractivity contribution in [1.29, 1.82) is 0 Å². The lowest BCUT2D eigenvalue weighted by molar-refractivity contribution is 0.391. The average Bonchev–Trinajstić information content (AvgIpc) is 2.88. The van der Waals surface area contributed by atoms with Gasteiger partial charge in [-0.25, -0.2) is 0 Å². The SMILES string of the molecule is CCn1ncc(OC)c1C(Cc1cccnc1)NN. The highest BCUT2D eigenvalue weighted by molar-refractivity contribution is 5.29. The van der Waals surface area contributed by atoms with Crippen molar-refractivity contribution >= 4 is 0 Å². The second-order valence-corrected chi connectivity index (χ2v) is 4.20. The number of pyridine rings is 1. The van der Waals surface area contributed by atoms with E-state index in [1.807, 2.05) is 29.9 Å². The lowest BCUT2D eigenvalue weighted by Crippen LogP contribution is -2.31. The summed E-state index contributed by atoms with van der Waals surface area (Å²) in [5.41, 5.74) is 4.90. The van der Waals surface area contributed by atoms with Crippen molar-refractivity contribution in [2.45, 2.75) is 25.9 Å². The van der Waals surface area contributed by atoms with Crippen LogP contribution >= 0.6 is 0 Å². The van der Waals surface area contributed by atoms with Crippen molar-refractivity contribution in [2.75, 3.05) is 7.11 Å². The van der Waals surface area contributed by atoms with Gasteiger partial charge in [-0.1, -0.05) is 6.07 Å². The summed E-state index contributed by atoms with van der Waals surface area (Å²) in [4.78, 5) is 4.12. The molecule has 19 heavy (non-hydrogen) atoms. The third-order valence-electron chi connectivity index (χ3n) is 3.06. The summed E-state index contributed by atoms with van der Waals surface area (Å²) in [5.74, 6) is 6.44. The molecule has 0 aliphatic rings. The number of rotatable bonds is 6. The number of nitrogens with one attached hydrogen (secondary N) is 1. The van der Waals surface area contributed by atoms with Crippen LogP contribution in [0.2, 0.25) is 0 Å². The maximum absolute atomic E-state index is 5.69. The number of aryl methyl sites for hydroxylation is 1. The van der Waals surface area contributed by atoms with Gasteiger partial charge in [-0.3, -0.25) is 20.9 Å². The Kier molecular flexibility index (Phi) is 4.48. The number of nitrogens with two attached hydrogens (primary N) is 1. The summed E-state index contributed by atoms with van der Waals surface area (Å²) in [5, 5.41) is 4.30. The van der Waals surface area contributed by atoms with Crippen molar-refractivity contribution in [3.05, 3.63) is 42.0 Å². The molecule has 0 amide bonds. The molecule has 102 valence electrons. The van der Waals surface area contributed by atoms with Gasteiger partial charge in [0.15, 0.2) is 5.75 Å². The molecule has 0 saturated carbocycles. The van der Waals surface area contributed by atoms with E-state index in [-0.39, 0.29) is 6.04 Å². The van der Waals surface area contributed by atoms with Crippen LogP contribution in [0.15, 0.2) is 30.7 Å². The van der Waals surface area contributed by atoms with Crippen molar-refractivity contribution in [3.8, 4) is 5.75 Å². The van der Waals surface area contributed by atoms with Gasteiger partial charge in [0, 0.05) is 18.9 Å². The predicted molar refractivity (Wildman–Crippen MR) is 72.5 cm³/mol. The van der Waals surface area contributed by atoms with Crippen molar-refractivity contribution < 1.29 is 4.74 Å². The summed E-state index contributed by atoms with van der Waals surface area (Å²) < 4.78 is 7.24. The number of hydrazine groups is 1. The first-order chi connectivity index (χ1) is 9.30. The molecule has 6 heteroatoms. The van der Waals surface area contributed by atoms with Crippen LogP contribution in [0, 0.1) is 0 Å². The third-order valence-corrected chi connectivity index (χ3v) is 3.06. The van der Waals surface area contributed by atoms with Gasteiger partial charge in [-0.2, -0.15) is 5.10 Å². The highest BCUT2D eigenvalue weighted by Crippen LogP contribution is 2.26. The van der Waals surface area contributed by atoms with Crippen LogP contribution in [0.4, 0.5) is 0 Å². The van der Waals surface area contributed by atoms with E-state index in [0.717, 1.165) is 30.0 Å². The number of ether oxygens (including phenoxy) is 1. The monoisotopic (exact) mass is 261 g/mol. The zero-order valence-corrected chi connectivity index (χ0v) is 11.2. The van der Waals surface area contributed by atoms with E-state index in [4.69, 9.17) is 10.6 Å². The molecular weight excluding hydrogens is 242 g/mol. The summed E-state index contributed by atoms with van der Waals surface area (Å²) >= 11 is 0. The topological polar surface area (TPSA) is 78.0 Å². The Balaban J connectivity index is 2.29. The van der Waals surface area contributed by atoms with Crippen molar-refractivity contribution in [2.24, 2.45) is 5.84 Å². The normalized spacial score (nSPS) is 12.4. The first-order valence-electron chi connectivity index (χ1n) is 6.24. The fourth-order valence-corrected chi connectivity index (χ4v) is 2.13. The van der Waals surface area contributed by atoms with E-state index in [0.29, 0.717) is 0 Å². The predicted octanol–water partition coefficient (Wildman–Crippen LogP) is 1.05. The van der Waals surface area contributed by atoms with Crippen LogP contribution in [-0.2, 0) is 13.0 Å². The zero-order valence-electron chi connectivity index (χ0n) is 11.2. The van der Waals surface area contributed by atoms with Gasteiger partial charge in [0.25, 0.3) is 0 Å². The molecule has 0 aliphatic heterocycles.